The Balaban J connectivity index is 1.75. The van der Waals surface area contributed by atoms with E-state index in [4.69, 9.17) is 9.47 Å². The lowest BCUT2D eigenvalue weighted by atomic mass is 9.92. The van der Waals surface area contributed by atoms with E-state index in [0.29, 0.717) is 17.9 Å². The van der Waals surface area contributed by atoms with Crippen molar-refractivity contribution in [2.24, 2.45) is 0 Å². The molecule has 2 heterocycles. The van der Waals surface area contributed by atoms with Gasteiger partial charge in [-0.3, -0.25) is 19.2 Å². The first-order valence-corrected chi connectivity index (χ1v) is 11.9. The second-order valence-electron chi connectivity index (χ2n) is 8.68. The summed E-state index contributed by atoms with van der Waals surface area (Å²) in [5.74, 6) is -0.731. The molecule has 1 aliphatic rings. The van der Waals surface area contributed by atoms with Crippen LogP contribution in [0.5, 0.6) is 5.75 Å². The zero-order valence-corrected chi connectivity index (χ0v) is 20.9. The molecule has 1 aliphatic heterocycles. The van der Waals surface area contributed by atoms with Gasteiger partial charge in [-0.15, -0.1) is 0 Å². The van der Waals surface area contributed by atoms with E-state index >= 15 is 0 Å². The van der Waals surface area contributed by atoms with Crippen LogP contribution in [-0.2, 0) is 29.0 Å². The van der Waals surface area contributed by atoms with E-state index in [1.165, 1.54) is 15.6 Å². The number of fused-ring (bicyclic) bond motifs is 1. The molecule has 0 spiro atoms. The third kappa shape index (κ3) is 4.44. The lowest BCUT2D eigenvalue weighted by molar-refractivity contribution is -0.126. The first kappa shape index (κ1) is 25.0. The summed E-state index contributed by atoms with van der Waals surface area (Å²) in [6, 6.07) is 16.4. The summed E-state index contributed by atoms with van der Waals surface area (Å²) in [6.07, 6.45) is 0.673. The van der Waals surface area contributed by atoms with E-state index in [1.54, 1.807) is 21.0 Å². The Hall–Kier alpha value is -4.14. The van der Waals surface area contributed by atoms with Gasteiger partial charge in [0.05, 0.1) is 20.3 Å². The van der Waals surface area contributed by atoms with Crippen LogP contribution in [-0.4, -0.2) is 46.8 Å². The number of anilines is 1. The molecule has 1 N–H and O–H groups in total. The van der Waals surface area contributed by atoms with Crippen molar-refractivity contribution in [1.82, 2.24) is 15.1 Å². The molecule has 1 atom stereocenters. The lowest BCUT2D eigenvalue weighted by Crippen LogP contribution is -2.64. The van der Waals surface area contributed by atoms with Crippen LogP contribution < -0.4 is 15.0 Å². The molecule has 0 saturated carbocycles. The Morgan fingerprint density at radius 3 is 2.47 bits per heavy atom. The number of hydrogen-bond acceptors (Lipinski definition) is 6. The number of hydrogen-bond donors (Lipinski definition) is 1. The summed E-state index contributed by atoms with van der Waals surface area (Å²) in [6.45, 7) is 5.87. The van der Waals surface area contributed by atoms with Crippen LogP contribution >= 0.6 is 0 Å². The zero-order valence-electron chi connectivity index (χ0n) is 20.9. The number of rotatable bonds is 8. The van der Waals surface area contributed by atoms with Gasteiger partial charge >= 0.3 is 5.97 Å². The minimum Gasteiger partial charge on any atom is -0.496 e. The Morgan fingerprint density at radius 2 is 1.78 bits per heavy atom. The number of carbonyl (C=O) groups is 3. The first-order chi connectivity index (χ1) is 17.3. The molecule has 3 aromatic rings. The second-order valence-corrected chi connectivity index (χ2v) is 8.68. The highest BCUT2D eigenvalue weighted by molar-refractivity contribution is 6.12. The topological polar surface area (TPSA) is 103 Å². The van der Waals surface area contributed by atoms with Crippen LogP contribution in [0, 0.1) is 0 Å². The van der Waals surface area contributed by atoms with Crippen LogP contribution in [0.3, 0.4) is 0 Å². The average Bonchev–Trinajstić information content (AvgIpc) is 3.32. The minimum atomic E-state index is -1.32. The molecule has 1 unspecified atom stereocenters. The van der Waals surface area contributed by atoms with Crippen LogP contribution in [0.15, 0.2) is 54.6 Å². The summed E-state index contributed by atoms with van der Waals surface area (Å²) in [7, 11) is 1.57. The van der Waals surface area contributed by atoms with E-state index in [0.717, 1.165) is 11.1 Å². The smallest absolute Gasteiger partial charge is 0.358 e. The predicted octanol–water partition coefficient (Wildman–Crippen LogP) is 3.37. The van der Waals surface area contributed by atoms with Gasteiger partial charge in [0.15, 0.2) is 5.69 Å². The fourth-order valence-electron chi connectivity index (χ4n) is 4.51. The van der Waals surface area contributed by atoms with Crippen molar-refractivity contribution in [2.45, 2.75) is 45.8 Å². The van der Waals surface area contributed by atoms with Crippen LogP contribution in [0.1, 0.15) is 52.9 Å². The number of esters is 1. The molecule has 0 aliphatic carbocycles. The number of methoxy groups -OCH3 is 1. The summed E-state index contributed by atoms with van der Waals surface area (Å²) < 4.78 is 11.9. The van der Waals surface area contributed by atoms with Crippen LogP contribution in [0.2, 0.25) is 0 Å². The minimum absolute atomic E-state index is 0.0302. The van der Waals surface area contributed by atoms with Crippen LogP contribution in [0.4, 0.5) is 5.69 Å². The summed E-state index contributed by atoms with van der Waals surface area (Å²) >= 11 is 0. The molecular weight excluding hydrogens is 460 g/mol. The van der Waals surface area contributed by atoms with Crippen molar-refractivity contribution in [3.63, 3.8) is 0 Å². The van der Waals surface area contributed by atoms with Gasteiger partial charge in [0.1, 0.15) is 17.0 Å². The third-order valence-electron chi connectivity index (χ3n) is 6.37. The fraction of sp³-hybridized carbons (Fsp3) is 0.333. The molecule has 0 bridgehead atoms. The molecule has 1 aromatic heterocycles. The molecule has 188 valence electrons. The lowest BCUT2D eigenvalue weighted by Gasteiger charge is -2.43. The van der Waals surface area contributed by atoms with Crippen molar-refractivity contribution in [2.75, 3.05) is 18.6 Å². The maximum Gasteiger partial charge on any atom is 0.358 e. The predicted molar refractivity (Wildman–Crippen MR) is 134 cm³/mol. The van der Waals surface area contributed by atoms with Crippen LogP contribution in [0.25, 0.3) is 0 Å². The molecule has 0 fully saturated rings. The Morgan fingerprint density at radius 1 is 1.08 bits per heavy atom. The van der Waals surface area contributed by atoms with Crippen molar-refractivity contribution < 1.29 is 23.9 Å². The van der Waals surface area contributed by atoms with Gasteiger partial charge in [0.2, 0.25) is 5.91 Å². The highest BCUT2D eigenvalue weighted by atomic mass is 16.5. The number of nitrogens with one attached hydrogen (secondary N) is 1. The van der Waals surface area contributed by atoms with Gasteiger partial charge in [0, 0.05) is 23.9 Å². The van der Waals surface area contributed by atoms with Crippen molar-refractivity contribution in [3.05, 3.63) is 77.1 Å². The van der Waals surface area contributed by atoms with Gasteiger partial charge in [-0.1, -0.05) is 43.3 Å². The molecule has 0 saturated heterocycles. The maximum atomic E-state index is 13.9. The molecule has 36 heavy (non-hydrogen) atoms. The first-order valence-electron chi connectivity index (χ1n) is 11.9. The van der Waals surface area contributed by atoms with Crippen molar-refractivity contribution in [3.8, 4) is 5.75 Å². The number of aromatic nitrogens is 2. The number of ether oxygens (including phenoxy) is 2. The monoisotopic (exact) mass is 490 g/mol. The molecule has 9 heteroatoms. The zero-order chi connectivity index (χ0) is 25.9. The SMILES string of the molecule is CCOC(=O)c1cc2n(n1)CC(C)(C(=O)NCc1ccccc1OC)N(c1ccccc1CC)C2=O. The highest BCUT2D eigenvalue weighted by Gasteiger charge is 2.49. The summed E-state index contributed by atoms with van der Waals surface area (Å²) in [5, 5.41) is 7.29. The molecule has 0 radical (unpaired) electrons. The molecule has 9 nitrogen and oxygen atoms in total. The van der Waals surface area contributed by atoms with Crippen molar-refractivity contribution >= 4 is 23.5 Å². The number of carbonyl (C=O) groups excluding carboxylic acids is 3. The summed E-state index contributed by atoms with van der Waals surface area (Å²) in [5.41, 5.74) is 1.30. The number of amides is 2. The highest BCUT2D eigenvalue weighted by Crippen LogP contribution is 2.35. The van der Waals surface area contributed by atoms with Gasteiger partial charge in [-0.2, -0.15) is 5.10 Å². The Kier molecular flexibility index (Phi) is 7.10. The van der Waals surface area contributed by atoms with Gasteiger partial charge in [-0.05, 0) is 38.0 Å². The fourth-order valence-corrected chi connectivity index (χ4v) is 4.51. The van der Waals surface area contributed by atoms with Crippen molar-refractivity contribution in [1.29, 1.82) is 0 Å². The van der Waals surface area contributed by atoms with E-state index < -0.39 is 17.4 Å². The van der Waals surface area contributed by atoms with Gasteiger partial charge < -0.3 is 14.8 Å². The standard InChI is InChI=1S/C27H30N4O5/c1-5-18-11-7-9-13-21(18)31-24(32)22-15-20(25(33)36-6-2)29-30(22)17-27(31,3)26(34)28-16-19-12-8-10-14-23(19)35-4/h7-15H,5-6,16-17H2,1-4H3,(H,28,34). The Bertz CT molecular complexity index is 1300. The number of nitrogens with zero attached hydrogens (tertiary/aromatic N) is 3. The molecule has 2 aromatic carbocycles. The molecular formula is C27H30N4O5. The van der Waals surface area contributed by atoms with Gasteiger partial charge in [0.25, 0.3) is 5.91 Å². The number of para-hydroxylation sites is 2. The third-order valence-corrected chi connectivity index (χ3v) is 6.37. The average molecular weight is 491 g/mol. The van der Waals surface area contributed by atoms with E-state index in [-0.39, 0.29) is 37.0 Å². The molecule has 4 rings (SSSR count). The summed E-state index contributed by atoms with van der Waals surface area (Å²) in [4.78, 5) is 41.5. The molecule has 2 amide bonds. The largest absolute Gasteiger partial charge is 0.496 e. The second kappa shape index (κ2) is 10.2. The number of aryl methyl sites for hydroxylation is 1. The van der Waals surface area contributed by atoms with E-state index in [9.17, 15) is 14.4 Å². The normalized spacial score (nSPS) is 16.9. The number of benzene rings is 2. The Labute approximate surface area is 210 Å². The van der Waals surface area contributed by atoms with E-state index in [2.05, 4.69) is 10.4 Å². The van der Waals surface area contributed by atoms with Gasteiger partial charge in [-0.25, -0.2) is 4.79 Å². The van der Waals surface area contributed by atoms with E-state index in [1.807, 2.05) is 55.5 Å². The quantitative estimate of drug-likeness (QED) is 0.486. The maximum absolute atomic E-state index is 13.9.